The third-order valence-corrected chi connectivity index (χ3v) is 9.17. The number of alkyl halides is 1. The van der Waals surface area contributed by atoms with Crippen molar-refractivity contribution in [3.05, 3.63) is 23.3 Å². The zero-order chi connectivity index (χ0) is 20.8. The van der Waals surface area contributed by atoms with Crippen LogP contribution in [0.15, 0.2) is 12.1 Å². The summed E-state index contributed by atoms with van der Waals surface area (Å²) < 4.78 is 0. The smallest absolute Gasteiger partial charge is 0.137 e. The van der Waals surface area contributed by atoms with Crippen molar-refractivity contribution in [2.24, 2.45) is 17.3 Å². The fourth-order valence-corrected chi connectivity index (χ4v) is 7.17. The zero-order valence-corrected chi connectivity index (χ0v) is 19.4. The third-order valence-electron chi connectivity index (χ3n) is 8.61. The molecule has 5 rings (SSSR count). The van der Waals surface area contributed by atoms with Gasteiger partial charge in [0.25, 0.3) is 0 Å². The normalized spacial score (nSPS) is 29.6. The van der Waals surface area contributed by atoms with Crippen LogP contribution in [0.25, 0.3) is 0 Å². The summed E-state index contributed by atoms with van der Waals surface area (Å²) in [7, 11) is 0. The lowest BCUT2D eigenvalue weighted by molar-refractivity contribution is -0.151. The second-order valence-electron chi connectivity index (χ2n) is 10.4. The van der Waals surface area contributed by atoms with Crippen LogP contribution in [-0.4, -0.2) is 21.3 Å². The van der Waals surface area contributed by atoms with E-state index >= 15 is 0 Å². The van der Waals surface area contributed by atoms with Gasteiger partial charge in [0, 0.05) is 29.2 Å². The number of hydrogen-bond acceptors (Lipinski definition) is 3. The van der Waals surface area contributed by atoms with Crippen LogP contribution in [0.3, 0.4) is 0 Å². The molecular formula is C25H35BrO3. The van der Waals surface area contributed by atoms with E-state index in [4.69, 9.17) is 0 Å². The quantitative estimate of drug-likeness (QED) is 0.355. The van der Waals surface area contributed by atoms with Gasteiger partial charge in [-0.15, -0.1) is 0 Å². The summed E-state index contributed by atoms with van der Waals surface area (Å²) in [4.78, 5) is 12.6. The molecule has 3 atom stereocenters. The van der Waals surface area contributed by atoms with Crippen LogP contribution in [0.2, 0.25) is 0 Å². The molecule has 3 nitrogen and oxygen atoms in total. The minimum absolute atomic E-state index is 0.0281. The molecule has 4 aliphatic rings. The van der Waals surface area contributed by atoms with E-state index in [2.05, 4.69) is 29.8 Å². The number of fused-ring (bicyclic) bond motifs is 2. The van der Waals surface area contributed by atoms with E-state index in [1.807, 2.05) is 12.1 Å². The highest BCUT2D eigenvalue weighted by Crippen LogP contribution is 2.64. The molecule has 160 valence electrons. The van der Waals surface area contributed by atoms with E-state index in [9.17, 15) is 15.0 Å². The first-order chi connectivity index (χ1) is 13.8. The molecule has 4 aliphatic carbocycles. The highest BCUT2D eigenvalue weighted by molar-refractivity contribution is 9.09. The van der Waals surface area contributed by atoms with Crippen molar-refractivity contribution in [2.45, 2.75) is 89.4 Å². The Morgan fingerprint density at radius 1 is 1.07 bits per heavy atom. The molecule has 0 aliphatic heterocycles. The molecule has 4 heteroatoms. The highest BCUT2D eigenvalue weighted by Gasteiger charge is 2.59. The molecule has 29 heavy (non-hydrogen) atoms. The molecule has 0 radical (unpaired) electrons. The molecular weight excluding hydrogens is 428 g/mol. The number of carbonyl (C=O) groups is 1. The van der Waals surface area contributed by atoms with Gasteiger partial charge in [-0.2, -0.15) is 0 Å². The number of hydrogen-bond donors (Lipinski definition) is 2. The van der Waals surface area contributed by atoms with Gasteiger partial charge in [-0.25, -0.2) is 0 Å². The number of aromatic hydroxyl groups is 2. The predicted octanol–water partition coefficient (Wildman–Crippen LogP) is 6.58. The molecule has 0 unspecified atom stereocenters. The molecule has 0 heterocycles. The number of unbranched alkanes of at least 4 members (excludes halogenated alkanes) is 2. The Kier molecular flexibility index (Phi) is 5.78. The van der Waals surface area contributed by atoms with Gasteiger partial charge in [0.15, 0.2) is 0 Å². The van der Waals surface area contributed by atoms with Crippen molar-refractivity contribution in [1.82, 2.24) is 0 Å². The summed E-state index contributed by atoms with van der Waals surface area (Å²) in [6.07, 6.45) is 10.8. The van der Waals surface area contributed by atoms with E-state index < -0.39 is 0 Å². The van der Waals surface area contributed by atoms with Gasteiger partial charge in [0.1, 0.15) is 17.3 Å². The molecule has 2 bridgehead atoms. The average Bonchev–Trinajstić information content (AvgIpc) is 3.14. The van der Waals surface area contributed by atoms with Gasteiger partial charge in [-0.1, -0.05) is 55.5 Å². The van der Waals surface area contributed by atoms with Crippen LogP contribution in [0.4, 0.5) is 0 Å². The third kappa shape index (κ3) is 3.54. The van der Waals surface area contributed by atoms with Crippen molar-refractivity contribution in [1.29, 1.82) is 0 Å². The first-order valence-electron chi connectivity index (χ1n) is 11.5. The fourth-order valence-electron chi connectivity index (χ4n) is 6.77. The molecule has 0 aromatic heterocycles. The minimum Gasteiger partial charge on any atom is -0.508 e. The van der Waals surface area contributed by atoms with E-state index in [0.29, 0.717) is 23.7 Å². The van der Waals surface area contributed by atoms with E-state index in [0.717, 1.165) is 36.6 Å². The maximum absolute atomic E-state index is 12.6. The first-order valence-corrected chi connectivity index (χ1v) is 12.6. The van der Waals surface area contributed by atoms with Crippen LogP contribution >= 0.6 is 15.9 Å². The molecule has 0 amide bonds. The fraction of sp³-hybridized carbons (Fsp3) is 0.720. The second-order valence-corrected chi connectivity index (χ2v) is 11.2. The lowest BCUT2D eigenvalue weighted by Crippen LogP contribution is -2.56. The van der Waals surface area contributed by atoms with E-state index in [1.54, 1.807) is 0 Å². The number of Topliss-reactive ketones (excluding diaryl/α,β-unsaturated/α-hetero) is 1. The number of rotatable bonds is 7. The molecule has 4 fully saturated rings. The lowest BCUT2D eigenvalue weighted by atomic mass is 9.44. The Hall–Kier alpha value is -1.03. The number of phenols is 2. The van der Waals surface area contributed by atoms with Crippen molar-refractivity contribution in [2.75, 3.05) is 5.33 Å². The van der Waals surface area contributed by atoms with Gasteiger partial charge in [0.05, 0.1) is 0 Å². The monoisotopic (exact) mass is 462 g/mol. The Labute approximate surface area is 183 Å². The SMILES string of the molecule is CC1(C)[C@@H]2C[C@H]1C(=O)C[C@H]2c1c(O)cc(C2(CCCCCBr)CCCC2)cc1O. The second kappa shape index (κ2) is 7.90. The summed E-state index contributed by atoms with van der Waals surface area (Å²) in [5.74, 6) is 1.15. The van der Waals surface area contributed by atoms with Gasteiger partial charge in [-0.05, 0) is 66.5 Å². The topological polar surface area (TPSA) is 57.5 Å². The molecule has 1 aromatic carbocycles. The molecule has 0 saturated heterocycles. The number of benzene rings is 1. The van der Waals surface area contributed by atoms with Crippen molar-refractivity contribution < 1.29 is 15.0 Å². The number of carbonyl (C=O) groups excluding carboxylic acids is 1. The van der Waals surface area contributed by atoms with Gasteiger partial charge >= 0.3 is 0 Å². The maximum atomic E-state index is 12.6. The zero-order valence-electron chi connectivity index (χ0n) is 17.8. The largest absolute Gasteiger partial charge is 0.508 e. The lowest BCUT2D eigenvalue weighted by Gasteiger charge is -2.59. The summed E-state index contributed by atoms with van der Waals surface area (Å²) in [5, 5.41) is 23.1. The van der Waals surface area contributed by atoms with E-state index in [-0.39, 0.29) is 34.2 Å². The number of ketones is 1. The van der Waals surface area contributed by atoms with E-state index in [1.165, 1.54) is 32.1 Å². The Morgan fingerprint density at radius 3 is 2.28 bits per heavy atom. The Bertz CT molecular complexity index is 755. The summed E-state index contributed by atoms with van der Waals surface area (Å²) in [5.41, 5.74) is 1.77. The molecule has 0 spiro atoms. The van der Waals surface area contributed by atoms with Crippen LogP contribution in [-0.2, 0) is 10.2 Å². The van der Waals surface area contributed by atoms with Gasteiger partial charge < -0.3 is 10.2 Å². The van der Waals surface area contributed by atoms with Gasteiger partial charge in [0.2, 0.25) is 0 Å². The van der Waals surface area contributed by atoms with Crippen molar-refractivity contribution >= 4 is 21.7 Å². The van der Waals surface area contributed by atoms with Crippen LogP contribution in [0.5, 0.6) is 11.5 Å². The van der Waals surface area contributed by atoms with Crippen LogP contribution < -0.4 is 0 Å². The number of halogens is 1. The summed E-state index contributed by atoms with van der Waals surface area (Å²) in [6, 6.07) is 3.85. The number of phenolic OH excluding ortho intramolecular Hbond substituents is 2. The molecule has 2 N–H and O–H groups in total. The average molecular weight is 463 g/mol. The standard InChI is InChI=1S/C25H35BrO3/c1-24(2)18-15-19(24)20(27)14-17(18)23-21(28)12-16(13-22(23)29)25(9-5-6-10-25)8-4-3-7-11-26/h12-13,17-19,28-29H,3-11,14-15H2,1-2H3/t17-,18-,19+/m1/s1. The van der Waals surface area contributed by atoms with Gasteiger partial charge in [-0.3, -0.25) is 4.79 Å². The summed E-state index contributed by atoms with van der Waals surface area (Å²) >= 11 is 3.52. The Morgan fingerprint density at radius 2 is 1.72 bits per heavy atom. The van der Waals surface area contributed by atoms with Crippen molar-refractivity contribution in [3.63, 3.8) is 0 Å². The predicted molar refractivity (Wildman–Crippen MR) is 120 cm³/mol. The molecule has 1 aromatic rings. The summed E-state index contributed by atoms with van der Waals surface area (Å²) in [6.45, 7) is 4.33. The highest BCUT2D eigenvalue weighted by atomic mass is 79.9. The molecule has 4 saturated carbocycles. The Balaban J connectivity index is 1.62. The minimum atomic E-state index is -0.0602. The van der Waals surface area contributed by atoms with Crippen molar-refractivity contribution in [3.8, 4) is 11.5 Å². The van der Waals surface area contributed by atoms with Crippen LogP contribution in [0.1, 0.15) is 95.1 Å². The maximum Gasteiger partial charge on any atom is 0.137 e. The first kappa shape index (κ1) is 21.2. The van der Waals surface area contributed by atoms with Crippen LogP contribution in [0, 0.1) is 17.3 Å².